The molecule has 0 fully saturated rings. The van der Waals surface area contributed by atoms with Crippen molar-refractivity contribution >= 4 is 5.97 Å². The van der Waals surface area contributed by atoms with E-state index in [1.807, 2.05) is 0 Å². The predicted octanol–water partition coefficient (Wildman–Crippen LogP) is 3.74. The molecule has 0 aliphatic rings. The summed E-state index contributed by atoms with van der Waals surface area (Å²) in [6.45, 7) is 0. The number of carbonyl (C=O) groups is 1. The number of nitrogens with two attached hydrogens (primary N) is 1. The average Bonchev–Trinajstić information content (AvgIpc) is 2.53. The first kappa shape index (κ1) is 18.6. The number of methoxy groups -OCH3 is 1. The van der Waals surface area contributed by atoms with Crippen LogP contribution in [-0.4, -0.2) is 24.5 Å². The number of aliphatic carboxylic acids is 1. The van der Waals surface area contributed by atoms with Crippen molar-refractivity contribution in [3.05, 3.63) is 48.0 Å². The smallest absolute Gasteiger partial charge is 0.497 e. The van der Waals surface area contributed by atoms with Gasteiger partial charge in [0, 0.05) is 11.6 Å². The van der Waals surface area contributed by atoms with Gasteiger partial charge in [0.15, 0.2) is 0 Å². The molecule has 0 saturated carbocycles. The maximum Gasteiger partial charge on any atom is 0.573 e. The topological polar surface area (TPSA) is 81.8 Å². The minimum atomic E-state index is -4.86. The molecule has 2 aromatic carbocycles. The van der Waals surface area contributed by atoms with Gasteiger partial charge >= 0.3 is 12.3 Å². The molecule has 2 aromatic rings. The standard InChI is InChI=1S/C17H16F3NO4/c1-24-12-4-2-3-10(7-12)13-8-11(14(21)9-16(22)23)5-6-15(13)25-17(18,19)20/h2-8,14H,9,21H2,1H3,(H,22,23). The molecule has 0 saturated heterocycles. The minimum absolute atomic E-state index is 0.134. The SMILES string of the molecule is COc1cccc(-c2cc(C(N)CC(=O)O)ccc2OC(F)(F)F)c1. The van der Waals surface area contributed by atoms with Crippen molar-refractivity contribution in [2.24, 2.45) is 5.73 Å². The molecule has 1 atom stereocenters. The van der Waals surface area contributed by atoms with E-state index in [9.17, 15) is 18.0 Å². The third kappa shape index (κ3) is 5.12. The van der Waals surface area contributed by atoms with E-state index in [1.54, 1.807) is 24.3 Å². The van der Waals surface area contributed by atoms with Gasteiger partial charge in [-0.3, -0.25) is 4.79 Å². The Morgan fingerprint density at radius 1 is 1.24 bits per heavy atom. The molecular weight excluding hydrogens is 339 g/mol. The summed E-state index contributed by atoms with van der Waals surface area (Å²) < 4.78 is 47.2. The summed E-state index contributed by atoms with van der Waals surface area (Å²) in [6.07, 6.45) is -5.21. The molecule has 3 N–H and O–H groups in total. The van der Waals surface area contributed by atoms with Crippen LogP contribution < -0.4 is 15.2 Å². The molecule has 0 bridgehead atoms. The molecule has 0 aliphatic heterocycles. The van der Waals surface area contributed by atoms with E-state index in [4.69, 9.17) is 15.6 Å². The van der Waals surface area contributed by atoms with Crippen LogP contribution in [0.4, 0.5) is 13.2 Å². The highest BCUT2D eigenvalue weighted by Gasteiger charge is 2.32. The maximum atomic E-state index is 12.7. The predicted molar refractivity (Wildman–Crippen MR) is 84.3 cm³/mol. The van der Waals surface area contributed by atoms with Crippen LogP contribution in [0, 0.1) is 0 Å². The Bertz CT molecular complexity index is 762. The van der Waals surface area contributed by atoms with Crippen molar-refractivity contribution < 1.29 is 32.5 Å². The molecule has 0 heterocycles. The zero-order valence-corrected chi connectivity index (χ0v) is 13.2. The summed E-state index contributed by atoms with van der Waals surface area (Å²) in [4.78, 5) is 10.8. The number of rotatable bonds is 6. The molecule has 0 aliphatic carbocycles. The second-order valence-electron chi connectivity index (χ2n) is 5.24. The molecule has 8 heteroatoms. The Morgan fingerprint density at radius 2 is 1.96 bits per heavy atom. The zero-order chi connectivity index (χ0) is 18.6. The van der Waals surface area contributed by atoms with Crippen LogP contribution in [0.5, 0.6) is 11.5 Å². The molecule has 0 aromatic heterocycles. The van der Waals surface area contributed by atoms with Crippen LogP contribution in [0.2, 0.25) is 0 Å². The van der Waals surface area contributed by atoms with Crippen molar-refractivity contribution in [3.63, 3.8) is 0 Å². The number of hydrogen-bond acceptors (Lipinski definition) is 4. The number of carboxylic acid groups (broad SMARTS) is 1. The lowest BCUT2D eigenvalue weighted by molar-refractivity contribution is -0.274. The Labute approximate surface area is 141 Å². The molecule has 0 radical (unpaired) electrons. The van der Waals surface area contributed by atoms with Crippen LogP contribution in [-0.2, 0) is 4.79 Å². The van der Waals surface area contributed by atoms with Gasteiger partial charge in [-0.25, -0.2) is 0 Å². The van der Waals surface area contributed by atoms with Gasteiger partial charge in [-0.2, -0.15) is 0 Å². The molecule has 25 heavy (non-hydrogen) atoms. The Balaban J connectivity index is 2.52. The molecular formula is C17H16F3NO4. The fraction of sp³-hybridized carbons (Fsp3) is 0.235. The summed E-state index contributed by atoms with van der Waals surface area (Å²) in [5.74, 6) is -1.06. The third-order valence-electron chi connectivity index (χ3n) is 3.43. The van der Waals surface area contributed by atoms with E-state index < -0.39 is 24.1 Å². The fourth-order valence-electron chi connectivity index (χ4n) is 2.31. The van der Waals surface area contributed by atoms with E-state index in [0.717, 1.165) is 6.07 Å². The summed E-state index contributed by atoms with van der Waals surface area (Å²) in [5.41, 5.74) is 6.75. The normalized spacial score (nSPS) is 12.5. The van der Waals surface area contributed by atoms with E-state index in [-0.39, 0.29) is 12.0 Å². The molecule has 1 unspecified atom stereocenters. The van der Waals surface area contributed by atoms with Gasteiger partial charge in [0.05, 0.1) is 13.5 Å². The van der Waals surface area contributed by atoms with Crippen molar-refractivity contribution in [2.75, 3.05) is 7.11 Å². The summed E-state index contributed by atoms with van der Waals surface area (Å²) in [7, 11) is 1.44. The first-order chi connectivity index (χ1) is 11.7. The number of ether oxygens (including phenoxy) is 2. The molecule has 5 nitrogen and oxygen atoms in total. The van der Waals surface area contributed by atoms with E-state index in [2.05, 4.69) is 4.74 Å². The largest absolute Gasteiger partial charge is 0.573 e. The Morgan fingerprint density at radius 3 is 2.56 bits per heavy atom. The Hall–Kier alpha value is -2.74. The molecule has 2 rings (SSSR count). The lowest BCUT2D eigenvalue weighted by atomic mass is 9.97. The minimum Gasteiger partial charge on any atom is -0.497 e. The van der Waals surface area contributed by atoms with Crippen LogP contribution in [0.25, 0.3) is 11.1 Å². The second kappa shape index (κ2) is 7.43. The lowest BCUT2D eigenvalue weighted by Gasteiger charge is -2.17. The van der Waals surface area contributed by atoms with Gasteiger partial charge in [0.1, 0.15) is 11.5 Å². The van der Waals surface area contributed by atoms with Gasteiger partial charge in [0.2, 0.25) is 0 Å². The van der Waals surface area contributed by atoms with Gasteiger partial charge in [-0.15, -0.1) is 13.2 Å². The van der Waals surface area contributed by atoms with Crippen LogP contribution in [0.3, 0.4) is 0 Å². The number of carboxylic acids is 1. The van der Waals surface area contributed by atoms with E-state index >= 15 is 0 Å². The monoisotopic (exact) mass is 355 g/mol. The summed E-state index contributed by atoms with van der Waals surface area (Å²) >= 11 is 0. The van der Waals surface area contributed by atoms with Crippen LogP contribution in [0.1, 0.15) is 18.0 Å². The van der Waals surface area contributed by atoms with E-state index in [0.29, 0.717) is 16.9 Å². The van der Waals surface area contributed by atoms with Crippen LogP contribution in [0.15, 0.2) is 42.5 Å². The number of benzene rings is 2. The first-order valence-electron chi connectivity index (χ1n) is 7.21. The van der Waals surface area contributed by atoms with Crippen LogP contribution >= 0.6 is 0 Å². The maximum absolute atomic E-state index is 12.7. The number of halogens is 3. The molecule has 134 valence electrons. The lowest BCUT2D eigenvalue weighted by Crippen LogP contribution is -2.18. The van der Waals surface area contributed by atoms with Crippen molar-refractivity contribution in [1.29, 1.82) is 0 Å². The van der Waals surface area contributed by atoms with Crippen molar-refractivity contribution in [2.45, 2.75) is 18.8 Å². The highest BCUT2D eigenvalue weighted by atomic mass is 19.4. The Kier molecular flexibility index (Phi) is 5.53. The quantitative estimate of drug-likeness (QED) is 0.825. The van der Waals surface area contributed by atoms with Crippen molar-refractivity contribution in [1.82, 2.24) is 0 Å². The van der Waals surface area contributed by atoms with Gasteiger partial charge in [0.25, 0.3) is 0 Å². The zero-order valence-electron chi connectivity index (χ0n) is 13.2. The summed E-state index contributed by atoms with van der Waals surface area (Å²) in [5, 5.41) is 8.84. The molecule has 0 amide bonds. The van der Waals surface area contributed by atoms with Crippen molar-refractivity contribution in [3.8, 4) is 22.6 Å². The highest BCUT2D eigenvalue weighted by molar-refractivity contribution is 5.73. The van der Waals surface area contributed by atoms with Gasteiger partial charge in [-0.1, -0.05) is 18.2 Å². The average molecular weight is 355 g/mol. The first-order valence-corrected chi connectivity index (χ1v) is 7.21. The number of hydrogen-bond donors (Lipinski definition) is 2. The van der Waals surface area contributed by atoms with Gasteiger partial charge in [-0.05, 0) is 35.4 Å². The fourth-order valence-corrected chi connectivity index (χ4v) is 2.31. The molecule has 0 spiro atoms. The highest BCUT2D eigenvalue weighted by Crippen LogP contribution is 2.37. The van der Waals surface area contributed by atoms with Gasteiger partial charge < -0.3 is 20.3 Å². The second-order valence-corrected chi connectivity index (χ2v) is 5.24. The van der Waals surface area contributed by atoms with E-state index in [1.165, 1.54) is 19.2 Å². The number of alkyl halides is 3. The summed E-state index contributed by atoms with van der Waals surface area (Å²) in [6, 6.07) is 9.38. The third-order valence-corrected chi connectivity index (χ3v) is 3.43.